The van der Waals surface area contributed by atoms with E-state index in [1.807, 2.05) is 0 Å². The van der Waals surface area contributed by atoms with Gasteiger partial charge in [0.05, 0.1) is 12.5 Å². The Morgan fingerprint density at radius 3 is 2.50 bits per heavy atom. The summed E-state index contributed by atoms with van der Waals surface area (Å²) >= 11 is 0. The molecule has 0 unspecified atom stereocenters. The number of nitrogens with one attached hydrogen (secondary N) is 1. The molecule has 3 aromatic rings. The van der Waals surface area contributed by atoms with Crippen molar-refractivity contribution >= 4 is 24.0 Å². The summed E-state index contributed by atoms with van der Waals surface area (Å²) in [5.41, 5.74) is 0.904. The number of hydrogen-bond donors (Lipinski definition) is 1. The highest BCUT2D eigenvalue weighted by molar-refractivity contribution is 6.13. The van der Waals surface area contributed by atoms with Crippen molar-refractivity contribution in [1.82, 2.24) is 10.2 Å². The number of amides is 3. The van der Waals surface area contributed by atoms with Crippen LogP contribution < -0.4 is 10.4 Å². The lowest BCUT2D eigenvalue weighted by Gasteiger charge is -2.12. The third-order valence-electron chi connectivity index (χ3n) is 4.57. The molecular weight excluding hydrogens is 391 g/mol. The van der Waals surface area contributed by atoms with Crippen LogP contribution >= 0.6 is 0 Å². The number of benzene rings is 2. The first-order valence-electron chi connectivity index (χ1n) is 8.92. The summed E-state index contributed by atoms with van der Waals surface area (Å²) in [7, 11) is 0. The fourth-order valence-electron chi connectivity index (χ4n) is 3.01. The Balaban J connectivity index is 1.53. The number of carboxylic acids is 1. The molecule has 0 bridgehead atoms. The molecule has 30 heavy (non-hydrogen) atoms. The zero-order valence-electron chi connectivity index (χ0n) is 15.4. The molecule has 2 aromatic carbocycles. The van der Waals surface area contributed by atoms with Crippen molar-refractivity contribution in [3.63, 3.8) is 0 Å². The number of furan rings is 1. The Labute approximate surface area is 170 Å². The lowest BCUT2D eigenvalue weighted by Crippen LogP contribution is -2.30. The molecule has 2 heterocycles. The van der Waals surface area contributed by atoms with Gasteiger partial charge in [0.2, 0.25) is 0 Å². The number of carboxylic acid groups (broad SMARTS) is 1. The van der Waals surface area contributed by atoms with E-state index in [0.717, 1.165) is 4.90 Å². The van der Waals surface area contributed by atoms with Crippen LogP contribution in [0, 0.1) is 5.82 Å². The van der Waals surface area contributed by atoms with Crippen molar-refractivity contribution in [3.05, 3.63) is 89.1 Å². The summed E-state index contributed by atoms with van der Waals surface area (Å²) in [6.45, 7) is -0.192. The highest BCUT2D eigenvalue weighted by Gasteiger charge is 2.34. The smallest absolute Gasteiger partial charge is 0.329 e. The molecule has 150 valence electrons. The number of carbonyl (C=O) groups is 3. The zero-order chi connectivity index (χ0) is 21.3. The number of halogens is 1. The van der Waals surface area contributed by atoms with Gasteiger partial charge < -0.3 is 19.6 Å². The Kier molecular flexibility index (Phi) is 4.89. The first kappa shape index (κ1) is 19.1. The van der Waals surface area contributed by atoms with Gasteiger partial charge in [-0.25, -0.2) is 9.18 Å². The van der Waals surface area contributed by atoms with Crippen molar-refractivity contribution in [2.24, 2.45) is 0 Å². The second-order valence-electron chi connectivity index (χ2n) is 6.54. The van der Waals surface area contributed by atoms with Gasteiger partial charge in [0, 0.05) is 17.2 Å². The fraction of sp³-hybridized carbons (Fsp3) is 0.0455. The first-order valence-corrected chi connectivity index (χ1v) is 8.92. The van der Waals surface area contributed by atoms with E-state index in [2.05, 4.69) is 5.32 Å². The molecule has 0 saturated carbocycles. The molecule has 1 aliphatic rings. The Morgan fingerprint density at radius 2 is 1.80 bits per heavy atom. The fourth-order valence-corrected chi connectivity index (χ4v) is 3.01. The van der Waals surface area contributed by atoms with Crippen molar-refractivity contribution in [3.8, 4) is 11.3 Å². The molecule has 1 saturated heterocycles. The molecule has 3 amide bonds. The average Bonchev–Trinajstić information content (AvgIpc) is 3.30. The number of aromatic carboxylic acids is 1. The highest BCUT2D eigenvalue weighted by Crippen LogP contribution is 2.25. The second kappa shape index (κ2) is 7.67. The molecule has 4 rings (SSSR count). The van der Waals surface area contributed by atoms with Crippen molar-refractivity contribution < 1.29 is 28.3 Å². The van der Waals surface area contributed by atoms with Crippen LogP contribution in [0.25, 0.3) is 17.4 Å². The first-order chi connectivity index (χ1) is 14.4. The van der Waals surface area contributed by atoms with Gasteiger partial charge in [-0.05, 0) is 23.8 Å². The number of carbonyl (C=O) groups excluding carboxylic acids is 3. The zero-order valence-corrected chi connectivity index (χ0v) is 15.4. The minimum Gasteiger partial charge on any atom is -0.545 e. The van der Waals surface area contributed by atoms with E-state index in [1.165, 1.54) is 36.4 Å². The van der Waals surface area contributed by atoms with E-state index < -0.39 is 23.7 Å². The van der Waals surface area contributed by atoms with Crippen molar-refractivity contribution in [2.75, 3.05) is 0 Å². The van der Waals surface area contributed by atoms with Gasteiger partial charge in [0.25, 0.3) is 5.91 Å². The van der Waals surface area contributed by atoms with Gasteiger partial charge in [-0.1, -0.05) is 42.5 Å². The van der Waals surface area contributed by atoms with E-state index in [1.54, 1.807) is 30.3 Å². The summed E-state index contributed by atoms with van der Waals surface area (Å²) in [4.78, 5) is 36.5. The molecule has 1 aromatic heterocycles. The number of urea groups is 1. The van der Waals surface area contributed by atoms with Gasteiger partial charge in [-0.15, -0.1) is 0 Å². The highest BCUT2D eigenvalue weighted by atomic mass is 19.1. The van der Waals surface area contributed by atoms with Crippen LogP contribution in [0.2, 0.25) is 0 Å². The van der Waals surface area contributed by atoms with E-state index in [4.69, 9.17) is 4.42 Å². The maximum atomic E-state index is 13.8. The predicted molar refractivity (Wildman–Crippen MR) is 102 cm³/mol. The van der Waals surface area contributed by atoms with E-state index in [0.29, 0.717) is 17.1 Å². The van der Waals surface area contributed by atoms with Crippen LogP contribution in [0.4, 0.5) is 9.18 Å². The minimum atomic E-state index is -1.28. The van der Waals surface area contributed by atoms with E-state index in [-0.39, 0.29) is 23.4 Å². The standard InChI is InChI=1S/C22H15FN2O5/c23-17-4-2-1-3-15(17)12-25-20(26)18(24-22(25)29)11-16-9-10-19(30-16)13-5-7-14(8-6-13)21(27)28/h1-11H,12H2,(H,24,29)(H,27,28)/p-1/b18-11-. The molecule has 8 heteroatoms. The summed E-state index contributed by atoms with van der Waals surface area (Å²) in [6.07, 6.45) is 1.38. The minimum absolute atomic E-state index is 0.00420. The normalized spacial score (nSPS) is 15.0. The second-order valence-corrected chi connectivity index (χ2v) is 6.54. The Bertz CT molecular complexity index is 1180. The van der Waals surface area contributed by atoms with Crippen LogP contribution in [0.1, 0.15) is 21.7 Å². The van der Waals surface area contributed by atoms with Crippen LogP contribution in [-0.4, -0.2) is 22.8 Å². The van der Waals surface area contributed by atoms with Gasteiger partial charge in [-0.3, -0.25) is 9.69 Å². The van der Waals surface area contributed by atoms with Crippen molar-refractivity contribution in [1.29, 1.82) is 0 Å². The number of hydrogen-bond acceptors (Lipinski definition) is 5. The largest absolute Gasteiger partial charge is 0.545 e. The van der Waals surface area contributed by atoms with Gasteiger partial charge in [0.15, 0.2) is 0 Å². The lowest BCUT2D eigenvalue weighted by molar-refractivity contribution is -0.255. The third-order valence-corrected chi connectivity index (χ3v) is 4.57. The summed E-state index contributed by atoms with van der Waals surface area (Å²) in [6, 6.07) is 14.4. The van der Waals surface area contributed by atoms with E-state index in [9.17, 15) is 23.9 Å². The monoisotopic (exact) mass is 405 g/mol. The van der Waals surface area contributed by atoms with Gasteiger partial charge in [-0.2, -0.15) is 0 Å². The Hall–Kier alpha value is -4.20. The molecule has 7 nitrogen and oxygen atoms in total. The number of rotatable bonds is 5. The van der Waals surface area contributed by atoms with E-state index >= 15 is 0 Å². The summed E-state index contributed by atoms with van der Waals surface area (Å²) < 4.78 is 19.5. The molecule has 0 aliphatic carbocycles. The number of imide groups is 1. The molecule has 0 radical (unpaired) electrons. The summed E-state index contributed by atoms with van der Waals surface area (Å²) in [5.74, 6) is -1.62. The molecule has 1 aliphatic heterocycles. The topological polar surface area (TPSA) is 103 Å². The average molecular weight is 405 g/mol. The third kappa shape index (κ3) is 3.70. The van der Waals surface area contributed by atoms with Crippen LogP contribution in [0.3, 0.4) is 0 Å². The predicted octanol–water partition coefficient (Wildman–Crippen LogP) is 2.54. The lowest BCUT2D eigenvalue weighted by atomic mass is 10.1. The van der Waals surface area contributed by atoms with Crippen LogP contribution in [-0.2, 0) is 11.3 Å². The van der Waals surface area contributed by atoms with Crippen LogP contribution in [0.15, 0.2) is 70.8 Å². The van der Waals surface area contributed by atoms with Gasteiger partial charge >= 0.3 is 6.03 Å². The molecule has 0 atom stereocenters. The van der Waals surface area contributed by atoms with Crippen molar-refractivity contribution in [2.45, 2.75) is 6.54 Å². The number of nitrogens with zero attached hydrogens (tertiary/aromatic N) is 1. The molecule has 1 fully saturated rings. The SMILES string of the molecule is O=C([O-])c1ccc(-c2ccc(/C=C3\NC(=O)N(Cc4ccccc4F)C3=O)o2)cc1. The Morgan fingerprint density at radius 1 is 1.07 bits per heavy atom. The molecule has 1 N–H and O–H groups in total. The summed E-state index contributed by atoms with van der Waals surface area (Å²) in [5, 5.41) is 13.3. The van der Waals surface area contributed by atoms with Gasteiger partial charge in [0.1, 0.15) is 23.0 Å². The van der Waals surface area contributed by atoms with Crippen LogP contribution in [0.5, 0.6) is 0 Å². The molecular formula is C22H14FN2O5-. The maximum Gasteiger partial charge on any atom is 0.329 e. The quantitative estimate of drug-likeness (QED) is 0.519. The maximum absolute atomic E-state index is 13.8. The molecule has 0 spiro atoms.